The molecule has 0 fully saturated rings. The molecule has 4 aromatic rings. The number of carbonyl (C=O) groups excluding carboxylic acids is 1. The van der Waals surface area contributed by atoms with E-state index in [1.807, 2.05) is 72.8 Å². The average molecular weight is 404 g/mol. The number of fused-ring (bicyclic) bond motifs is 1. The maximum Gasteiger partial charge on any atom is 0.246 e. The predicted molar refractivity (Wildman–Crippen MR) is 119 cm³/mol. The molecule has 1 amide bonds. The van der Waals surface area contributed by atoms with E-state index in [1.165, 1.54) is 5.56 Å². The molecule has 3 aromatic carbocycles. The van der Waals surface area contributed by atoms with Crippen LogP contribution in [0.3, 0.4) is 0 Å². The van der Waals surface area contributed by atoms with Crippen LogP contribution in [0.1, 0.15) is 25.3 Å². The second kappa shape index (κ2) is 8.10. The van der Waals surface area contributed by atoms with Crippen molar-refractivity contribution in [3.63, 3.8) is 0 Å². The van der Waals surface area contributed by atoms with Gasteiger partial charge in [-0.2, -0.15) is 5.10 Å². The van der Waals surface area contributed by atoms with Crippen molar-refractivity contribution in [2.45, 2.75) is 26.3 Å². The number of benzene rings is 3. The summed E-state index contributed by atoms with van der Waals surface area (Å²) in [5.74, 6) is 0.333. The Kier molecular flexibility index (Phi) is 5.36. The molecule has 0 atom stereocenters. The molecule has 146 valence electrons. The molecule has 0 bridgehead atoms. The van der Waals surface area contributed by atoms with Crippen LogP contribution in [0.5, 0.6) is 0 Å². The minimum atomic E-state index is -0.124. The van der Waals surface area contributed by atoms with Crippen LogP contribution in [0.15, 0.2) is 72.8 Å². The molecule has 0 saturated carbocycles. The van der Waals surface area contributed by atoms with E-state index in [4.69, 9.17) is 16.7 Å². The van der Waals surface area contributed by atoms with E-state index >= 15 is 0 Å². The largest absolute Gasteiger partial charge is 0.324 e. The third-order valence-corrected chi connectivity index (χ3v) is 5.15. The molecule has 0 saturated heterocycles. The number of carbonyl (C=O) groups is 1. The van der Waals surface area contributed by atoms with Gasteiger partial charge in [-0.25, -0.2) is 0 Å². The molecule has 29 heavy (non-hydrogen) atoms. The minimum Gasteiger partial charge on any atom is -0.324 e. The van der Waals surface area contributed by atoms with Gasteiger partial charge in [0.05, 0.1) is 5.52 Å². The maximum atomic E-state index is 12.7. The number of anilines is 1. The van der Waals surface area contributed by atoms with Crippen LogP contribution in [0.2, 0.25) is 5.02 Å². The summed E-state index contributed by atoms with van der Waals surface area (Å²) in [6.07, 6.45) is 0. The smallest absolute Gasteiger partial charge is 0.246 e. The summed E-state index contributed by atoms with van der Waals surface area (Å²) in [6.45, 7) is 4.41. The van der Waals surface area contributed by atoms with Gasteiger partial charge in [-0.1, -0.05) is 67.9 Å². The fourth-order valence-electron chi connectivity index (χ4n) is 3.37. The van der Waals surface area contributed by atoms with Crippen LogP contribution in [0.4, 0.5) is 5.69 Å². The van der Waals surface area contributed by atoms with Crippen molar-refractivity contribution in [2.24, 2.45) is 0 Å². The van der Waals surface area contributed by atoms with Gasteiger partial charge in [-0.3, -0.25) is 9.48 Å². The molecule has 0 aliphatic carbocycles. The summed E-state index contributed by atoms with van der Waals surface area (Å²) in [4.78, 5) is 12.7. The normalized spacial score (nSPS) is 11.2. The maximum absolute atomic E-state index is 12.7. The summed E-state index contributed by atoms with van der Waals surface area (Å²) < 4.78 is 1.73. The van der Waals surface area contributed by atoms with Crippen LogP contribution < -0.4 is 5.32 Å². The van der Waals surface area contributed by atoms with E-state index in [0.29, 0.717) is 10.9 Å². The zero-order valence-electron chi connectivity index (χ0n) is 16.4. The monoisotopic (exact) mass is 403 g/mol. The Hall–Kier alpha value is -3.11. The molecule has 4 rings (SSSR count). The Morgan fingerprint density at radius 1 is 1.03 bits per heavy atom. The molecule has 4 nitrogen and oxygen atoms in total. The zero-order chi connectivity index (χ0) is 20.4. The first-order chi connectivity index (χ1) is 14.0. The number of hydrogen-bond donors (Lipinski definition) is 1. The fraction of sp³-hybridized carbons (Fsp3) is 0.167. The van der Waals surface area contributed by atoms with Crippen LogP contribution in [-0.2, 0) is 11.3 Å². The highest BCUT2D eigenvalue weighted by molar-refractivity contribution is 6.31. The Balaban J connectivity index is 1.61. The highest BCUT2D eigenvalue weighted by Gasteiger charge is 2.15. The first-order valence-electron chi connectivity index (χ1n) is 9.62. The number of nitrogens with zero attached hydrogens (tertiary/aromatic N) is 2. The second-order valence-corrected chi connectivity index (χ2v) is 7.80. The lowest BCUT2D eigenvalue weighted by atomic mass is 10.0. The number of halogens is 1. The van der Waals surface area contributed by atoms with Gasteiger partial charge >= 0.3 is 0 Å². The molecule has 0 spiro atoms. The highest BCUT2D eigenvalue weighted by atomic mass is 35.5. The van der Waals surface area contributed by atoms with Gasteiger partial charge in [-0.15, -0.1) is 0 Å². The van der Waals surface area contributed by atoms with Crippen molar-refractivity contribution in [2.75, 3.05) is 5.32 Å². The average Bonchev–Trinajstić information content (AvgIpc) is 3.06. The van der Waals surface area contributed by atoms with Crippen LogP contribution in [-0.4, -0.2) is 15.7 Å². The fourth-order valence-corrected chi connectivity index (χ4v) is 3.54. The summed E-state index contributed by atoms with van der Waals surface area (Å²) >= 11 is 6.22. The molecular formula is C24H22ClN3O. The lowest BCUT2D eigenvalue weighted by molar-refractivity contribution is -0.116. The van der Waals surface area contributed by atoms with Gasteiger partial charge in [0.2, 0.25) is 5.91 Å². The summed E-state index contributed by atoms with van der Waals surface area (Å²) in [5.41, 5.74) is 4.70. The van der Waals surface area contributed by atoms with E-state index < -0.39 is 0 Å². The van der Waals surface area contributed by atoms with Crippen LogP contribution >= 0.6 is 11.6 Å². The van der Waals surface area contributed by atoms with Gasteiger partial charge in [0, 0.05) is 21.7 Å². The number of amides is 1. The first-order valence-corrected chi connectivity index (χ1v) is 10.0. The zero-order valence-corrected chi connectivity index (χ0v) is 17.1. The van der Waals surface area contributed by atoms with Crippen molar-refractivity contribution in [3.8, 4) is 11.3 Å². The van der Waals surface area contributed by atoms with Gasteiger partial charge in [0.15, 0.2) is 0 Å². The van der Waals surface area contributed by atoms with E-state index in [9.17, 15) is 4.79 Å². The number of aromatic nitrogens is 2. The SMILES string of the molecule is CC(C)c1ccc(NC(=O)Cn2nc(-c3ccccc3)c3cc(Cl)ccc32)cc1. The Morgan fingerprint density at radius 2 is 1.76 bits per heavy atom. The molecule has 0 aliphatic heterocycles. The summed E-state index contributed by atoms with van der Waals surface area (Å²) in [5, 5.41) is 9.24. The quantitative estimate of drug-likeness (QED) is 0.436. The second-order valence-electron chi connectivity index (χ2n) is 7.36. The standard InChI is InChI=1S/C24H22ClN3O/c1-16(2)17-8-11-20(12-9-17)26-23(29)15-28-22-13-10-19(25)14-21(22)24(27-28)18-6-4-3-5-7-18/h3-14,16H,15H2,1-2H3,(H,26,29). The van der Waals surface area contributed by atoms with E-state index in [1.54, 1.807) is 4.68 Å². The Bertz CT molecular complexity index is 1150. The topological polar surface area (TPSA) is 46.9 Å². The molecule has 0 unspecified atom stereocenters. The van der Waals surface area contributed by atoms with Gasteiger partial charge < -0.3 is 5.32 Å². The third kappa shape index (κ3) is 4.17. The van der Waals surface area contributed by atoms with Crippen molar-refractivity contribution < 1.29 is 4.79 Å². The van der Waals surface area contributed by atoms with Crippen LogP contribution in [0, 0.1) is 0 Å². The van der Waals surface area contributed by atoms with Crippen molar-refractivity contribution >= 4 is 34.1 Å². The first kappa shape index (κ1) is 19.2. The molecule has 1 N–H and O–H groups in total. The van der Waals surface area contributed by atoms with E-state index in [0.717, 1.165) is 27.8 Å². The summed E-state index contributed by atoms with van der Waals surface area (Å²) in [6, 6.07) is 23.5. The highest BCUT2D eigenvalue weighted by Crippen LogP contribution is 2.30. The van der Waals surface area contributed by atoms with Gasteiger partial charge in [0.25, 0.3) is 0 Å². The number of rotatable bonds is 5. The molecular weight excluding hydrogens is 382 g/mol. The van der Waals surface area contributed by atoms with E-state index in [2.05, 4.69) is 19.2 Å². The van der Waals surface area contributed by atoms with Crippen molar-refractivity contribution in [3.05, 3.63) is 83.4 Å². The van der Waals surface area contributed by atoms with Gasteiger partial charge in [-0.05, 0) is 41.8 Å². The Morgan fingerprint density at radius 3 is 2.45 bits per heavy atom. The summed E-state index contributed by atoms with van der Waals surface area (Å²) in [7, 11) is 0. The molecule has 1 aromatic heterocycles. The van der Waals surface area contributed by atoms with Crippen molar-refractivity contribution in [1.82, 2.24) is 9.78 Å². The van der Waals surface area contributed by atoms with Crippen molar-refractivity contribution in [1.29, 1.82) is 0 Å². The molecule has 5 heteroatoms. The predicted octanol–water partition coefficient (Wildman–Crippen LogP) is 6.12. The third-order valence-electron chi connectivity index (χ3n) is 4.91. The number of hydrogen-bond acceptors (Lipinski definition) is 2. The minimum absolute atomic E-state index is 0.122. The lowest BCUT2D eigenvalue weighted by Crippen LogP contribution is -2.19. The Labute approximate surface area is 175 Å². The van der Waals surface area contributed by atoms with Crippen LogP contribution in [0.25, 0.3) is 22.2 Å². The molecule has 0 radical (unpaired) electrons. The lowest BCUT2D eigenvalue weighted by Gasteiger charge is -2.09. The molecule has 0 aliphatic rings. The van der Waals surface area contributed by atoms with E-state index in [-0.39, 0.29) is 12.5 Å². The van der Waals surface area contributed by atoms with Gasteiger partial charge in [0.1, 0.15) is 12.2 Å². The molecule has 1 heterocycles. The number of nitrogens with one attached hydrogen (secondary N) is 1.